The fourth-order valence-corrected chi connectivity index (χ4v) is 2.08. The predicted octanol–water partition coefficient (Wildman–Crippen LogP) is 1.75. The van der Waals surface area contributed by atoms with Gasteiger partial charge < -0.3 is 25.4 Å². The normalized spacial score (nSPS) is 11.1. The molecular formula is C17H28N4O3. The summed E-state index contributed by atoms with van der Waals surface area (Å²) in [5, 5.41) is 9.23. The summed E-state index contributed by atoms with van der Waals surface area (Å²) < 4.78 is 10.3. The number of nitrogens with one attached hydrogen (secondary N) is 3. The number of guanidine groups is 1. The van der Waals surface area contributed by atoms with Crippen LogP contribution in [-0.4, -0.2) is 45.8 Å². The molecule has 0 aliphatic heterocycles. The van der Waals surface area contributed by atoms with Gasteiger partial charge in [0.05, 0.1) is 19.3 Å². The molecule has 0 fully saturated rings. The van der Waals surface area contributed by atoms with Crippen molar-refractivity contribution in [2.24, 2.45) is 4.99 Å². The van der Waals surface area contributed by atoms with Gasteiger partial charge in [-0.05, 0) is 31.0 Å². The first-order valence-corrected chi connectivity index (χ1v) is 8.06. The third kappa shape index (κ3) is 7.32. The number of aliphatic imine (C=N–C) groups is 1. The molecule has 1 amide bonds. The Kier molecular flexibility index (Phi) is 9.29. The fraction of sp³-hybridized carbons (Fsp3) is 0.529. The average Bonchev–Trinajstić information content (AvgIpc) is 2.56. The first kappa shape index (κ1) is 19.8. The average molecular weight is 336 g/mol. The first-order valence-electron chi connectivity index (χ1n) is 8.06. The number of hydrogen-bond acceptors (Lipinski definition) is 4. The Labute approximate surface area is 143 Å². The van der Waals surface area contributed by atoms with Gasteiger partial charge in [0.15, 0.2) is 5.96 Å². The smallest absolute Gasteiger partial charge is 0.221 e. The van der Waals surface area contributed by atoms with Gasteiger partial charge in [-0.15, -0.1) is 0 Å². The lowest BCUT2D eigenvalue weighted by atomic mass is 10.2. The highest BCUT2D eigenvalue weighted by atomic mass is 16.5. The van der Waals surface area contributed by atoms with Crippen molar-refractivity contribution in [2.45, 2.75) is 26.8 Å². The topological polar surface area (TPSA) is 84.0 Å². The molecule has 24 heavy (non-hydrogen) atoms. The highest BCUT2D eigenvalue weighted by molar-refractivity contribution is 5.90. The van der Waals surface area contributed by atoms with Crippen LogP contribution in [0.15, 0.2) is 23.2 Å². The highest BCUT2D eigenvalue weighted by Crippen LogP contribution is 2.25. The van der Waals surface area contributed by atoms with Crippen molar-refractivity contribution in [2.75, 3.05) is 39.2 Å². The van der Waals surface area contributed by atoms with Crippen molar-refractivity contribution in [1.29, 1.82) is 0 Å². The van der Waals surface area contributed by atoms with E-state index < -0.39 is 0 Å². The third-order valence-electron chi connectivity index (χ3n) is 3.16. The molecule has 0 saturated carbocycles. The summed E-state index contributed by atoms with van der Waals surface area (Å²) in [5.41, 5.74) is 1.63. The number of anilines is 1. The van der Waals surface area contributed by atoms with Gasteiger partial charge in [-0.1, -0.05) is 6.07 Å². The van der Waals surface area contributed by atoms with Crippen LogP contribution in [0.25, 0.3) is 0 Å². The molecule has 7 heteroatoms. The Morgan fingerprint density at radius 3 is 2.67 bits per heavy atom. The van der Waals surface area contributed by atoms with E-state index in [9.17, 15) is 4.79 Å². The van der Waals surface area contributed by atoms with Gasteiger partial charge in [0.2, 0.25) is 5.91 Å². The van der Waals surface area contributed by atoms with E-state index in [0.717, 1.165) is 31.0 Å². The molecule has 0 radical (unpaired) electrons. The monoisotopic (exact) mass is 336 g/mol. The number of methoxy groups -OCH3 is 2. The second kappa shape index (κ2) is 11.3. The summed E-state index contributed by atoms with van der Waals surface area (Å²) in [6.07, 6.45) is 0.913. The molecule has 0 saturated heterocycles. The summed E-state index contributed by atoms with van der Waals surface area (Å²) in [4.78, 5) is 15.8. The van der Waals surface area contributed by atoms with E-state index in [1.165, 1.54) is 6.92 Å². The quantitative estimate of drug-likeness (QED) is 0.363. The van der Waals surface area contributed by atoms with Gasteiger partial charge in [-0.2, -0.15) is 0 Å². The van der Waals surface area contributed by atoms with Crippen LogP contribution in [-0.2, 0) is 16.1 Å². The fourth-order valence-electron chi connectivity index (χ4n) is 2.08. The minimum Gasteiger partial charge on any atom is -0.495 e. The highest BCUT2D eigenvalue weighted by Gasteiger charge is 2.06. The summed E-state index contributed by atoms with van der Waals surface area (Å²) in [6, 6.07) is 5.63. The molecule has 7 nitrogen and oxygen atoms in total. The van der Waals surface area contributed by atoms with Gasteiger partial charge in [0, 0.05) is 33.7 Å². The molecule has 134 valence electrons. The van der Waals surface area contributed by atoms with Crippen LogP contribution in [0.2, 0.25) is 0 Å². The van der Waals surface area contributed by atoms with Crippen molar-refractivity contribution >= 4 is 17.6 Å². The molecule has 1 aromatic rings. The van der Waals surface area contributed by atoms with E-state index in [0.29, 0.717) is 24.6 Å². The predicted molar refractivity (Wildman–Crippen MR) is 96.6 cm³/mol. The van der Waals surface area contributed by atoms with Crippen molar-refractivity contribution in [3.8, 4) is 5.75 Å². The SMILES string of the molecule is CCNC(=NCc1ccc(OC)c(NC(C)=O)c1)NCCCOC. The van der Waals surface area contributed by atoms with Gasteiger partial charge in [-0.3, -0.25) is 4.79 Å². The molecule has 0 aliphatic carbocycles. The lowest BCUT2D eigenvalue weighted by Crippen LogP contribution is -2.38. The standard InChI is InChI=1S/C17H28N4O3/c1-5-18-17(19-9-6-10-23-3)20-12-14-7-8-16(24-4)15(11-14)21-13(2)22/h7-8,11H,5-6,9-10,12H2,1-4H3,(H,21,22)(H2,18,19,20). The molecule has 0 atom stereocenters. The second-order valence-corrected chi connectivity index (χ2v) is 5.18. The summed E-state index contributed by atoms with van der Waals surface area (Å²) >= 11 is 0. The molecule has 0 unspecified atom stereocenters. The zero-order chi connectivity index (χ0) is 17.8. The Morgan fingerprint density at radius 2 is 2.04 bits per heavy atom. The maximum Gasteiger partial charge on any atom is 0.221 e. The van der Waals surface area contributed by atoms with Crippen LogP contribution < -0.4 is 20.7 Å². The summed E-state index contributed by atoms with van der Waals surface area (Å²) in [6.45, 7) is 6.28. The first-order chi connectivity index (χ1) is 11.6. The summed E-state index contributed by atoms with van der Waals surface area (Å²) in [7, 11) is 3.27. The number of carbonyl (C=O) groups excluding carboxylic acids is 1. The second-order valence-electron chi connectivity index (χ2n) is 5.18. The number of hydrogen-bond donors (Lipinski definition) is 3. The van der Waals surface area contributed by atoms with Gasteiger partial charge in [0.25, 0.3) is 0 Å². The minimum absolute atomic E-state index is 0.137. The van der Waals surface area contributed by atoms with Crippen molar-refractivity contribution in [3.05, 3.63) is 23.8 Å². The van der Waals surface area contributed by atoms with Crippen LogP contribution in [0.5, 0.6) is 5.75 Å². The van der Waals surface area contributed by atoms with Crippen LogP contribution in [0, 0.1) is 0 Å². The van der Waals surface area contributed by atoms with Gasteiger partial charge >= 0.3 is 0 Å². The van der Waals surface area contributed by atoms with Crippen LogP contribution in [0.4, 0.5) is 5.69 Å². The number of ether oxygens (including phenoxy) is 2. The van der Waals surface area contributed by atoms with E-state index in [-0.39, 0.29) is 5.91 Å². The Balaban J connectivity index is 2.75. The van der Waals surface area contributed by atoms with Crippen molar-refractivity contribution in [3.63, 3.8) is 0 Å². The van der Waals surface area contributed by atoms with Gasteiger partial charge in [0.1, 0.15) is 5.75 Å². The molecule has 0 aromatic heterocycles. The molecule has 1 rings (SSSR count). The van der Waals surface area contributed by atoms with Crippen molar-refractivity contribution in [1.82, 2.24) is 10.6 Å². The maximum absolute atomic E-state index is 11.3. The summed E-state index contributed by atoms with van der Waals surface area (Å²) in [5.74, 6) is 1.25. The van der Waals surface area contributed by atoms with Gasteiger partial charge in [-0.25, -0.2) is 4.99 Å². The number of carbonyl (C=O) groups is 1. The molecule has 0 spiro atoms. The molecule has 3 N–H and O–H groups in total. The number of rotatable bonds is 9. The largest absolute Gasteiger partial charge is 0.495 e. The molecule has 0 heterocycles. The number of benzene rings is 1. The maximum atomic E-state index is 11.3. The zero-order valence-electron chi connectivity index (χ0n) is 14.9. The minimum atomic E-state index is -0.137. The number of nitrogens with zero attached hydrogens (tertiary/aromatic N) is 1. The Bertz CT molecular complexity index is 547. The Hall–Kier alpha value is -2.28. The molecule has 1 aromatic carbocycles. The third-order valence-corrected chi connectivity index (χ3v) is 3.16. The molecule has 0 bridgehead atoms. The van der Waals surface area contributed by atoms with E-state index in [4.69, 9.17) is 9.47 Å². The van der Waals surface area contributed by atoms with Crippen molar-refractivity contribution < 1.29 is 14.3 Å². The zero-order valence-corrected chi connectivity index (χ0v) is 14.9. The van der Waals surface area contributed by atoms with E-state index in [2.05, 4.69) is 20.9 Å². The Morgan fingerprint density at radius 1 is 1.25 bits per heavy atom. The van der Waals surface area contributed by atoms with Crippen LogP contribution in [0.1, 0.15) is 25.8 Å². The van der Waals surface area contributed by atoms with E-state index in [1.807, 2.05) is 25.1 Å². The molecule has 0 aliphatic rings. The van der Waals surface area contributed by atoms with E-state index in [1.54, 1.807) is 14.2 Å². The lowest BCUT2D eigenvalue weighted by Gasteiger charge is -2.12. The van der Waals surface area contributed by atoms with Crippen LogP contribution in [0.3, 0.4) is 0 Å². The lowest BCUT2D eigenvalue weighted by molar-refractivity contribution is -0.114. The molecular weight excluding hydrogens is 308 g/mol. The van der Waals surface area contributed by atoms with Crippen LogP contribution >= 0.6 is 0 Å². The number of amides is 1. The van der Waals surface area contributed by atoms with E-state index >= 15 is 0 Å².